The minimum atomic E-state index is -0.0656. The van der Waals surface area contributed by atoms with Gasteiger partial charge in [-0.15, -0.1) is 0 Å². The molecule has 0 unspecified atom stereocenters. The molecule has 12 heavy (non-hydrogen) atoms. The van der Waals surface area contributed by atoms with Crippen molar-refractivity contribution in [1.82, 2.24) is 10.2 Å². The molecule has 1 aliphatic rings. The van der Waals surface area contributed by atoms with E-state index < -0.39 is 0 Å². The highest BCUT2D eigenvalue weighted by molar-refractivity contribution is 5.06. The van der Waals surface area contributed by atoms with Crippen molar-refractivity contribution in [3.8, 4) is 0 Å². The monoisotopic (exact) mass is 166 g/mol. The van der Waals surface area contributed by atoms with Gasteiger partial charge < -0.3 is 5.11 Å². The van der Waals surface area contributed by atoms with E-state index in [0.29, 0.717) is 5.92 Å². The minimum Gasteiger partial charge on any atom is -0.393 e. The molecule has 3 heteroatoms. The summed E-state index contributed by atoms with van der Waals surface area (Å²) < 4.78 is 0. The standard InChI is InChI=1S/C9H14N2O/c12-8-3-1-7(2-4-8)9-5-6-10-11-9/h5-8,12H,1-4H2,(H,10,11). The van der Waals surface area contributed by atoms with E-state index in [0.717, 1.165) is 25.7 Å². The number of aromatic nitrogens is 2. The van der Waals surface area contributed by atoms with Gasteiger partial charge >= 0.3 is 0 Å². The lowest BCUT2D eigenvalue weighted by Gasteiger charge is -2.24. The summed E-state index contributed by atoms with van der Waals surface area (Å²) in [6, 6.07) is 2.03. The van der Waals surface area contributed by atoms with Gasteiger partial charge in [-0.1, -0.05) is 0 Å². The maximum Gasteiger partial charge on any atom is 0.0540 e. The molecule has 0 aromatic carbocycles. The van der Waals surface area contributed by atoms with Gasteiger partial charge in [-0.2, -0.15) is 5.10 Å². The molecule has 0 atom stereocenters. The van der Waals surface area contributed by atoms with E-state index in [-0.39, 0.29) is 6.10 Å². The summed E-state index contributed by atoms with van der Waals surface area (Å²) in [5.74, 6) is 0.593. The molecule has 2 rings (SSSR count). The van der Waals surface area contributed by atoms with Crippen LogP contribution >= 0.6 is 0 Å². The Labute approximate surface area is 71.8 Å². The zero-order valence-electron chi connectivity index (χ0n) is 7.03. The SMILES string of the molecule is OC1CCC(c2ccn[nH]2)CC1. The molecule has 0 spiro atoms. The molecule has 0 amide bonds. The number of rotatable bonds is 1. The normalized spacial score (nSPS) is 30.4. The fraction of sp³-hybridized carbons (Fsp3) is 0.667. The largest absolute Gasteiger partial charge is 0.393 e. The Balaban J connectivity index is 1.99. The zero-order chi connectivity index (χ0) is 8.39. The summed E-state index contributed by atoms with van der Waals surface area (Å²) in [7, 11) is 0. The summed E-state index contributed by atoms with van der Waals surface area (Å²) in [4.78, 5) is 0. The number of hydrogen-bond donors (Lipinski definition) is 2. The highest BCUT2D eigenvalue weighted by Gasteiger charge is 2.21. The summed E-state index contributed by atoms with van der Waals surface area (Å²) in [6.45, 7) is 0. The van der Waals surface area contributed by atoms with Crippen LogP contribution in [0.5, 0.6) is 0 Å². The Kier molecular flexibility index (Phi) is 2.13. The van der Waals surface area contributed by atoms with E-state index in [9.17, 15) is 5.11 Å². The molecule has 1 fully saturated rings. The lowest BCUT2D eigenvalue weighted by Crippen LogP contribution is -2.17. The van der Waals surface area contributed by atoms with Crippen LogP contribution in [-0.4, -0.2) is 21.4 Å². The molecule has 1 aromatic rings. The molecule has 0 bridgehead atoms. The second-order valence-electron chi connectivity index (χ2n) is 3.52. The highest BCUT2D eigenvalue weighted by atomic mass is 16.3. The van der Waals surface area contributed by atoms with Gasteiger partial charge in [0.25, 0.3) is 0 Å². The van der Waals surface area contributed by atoms with Crippen LogP contribution in [0.4, 0.5) is 0 Å². The van der Waals surface area contributed by atoms with Gasteiger partial charge in [0.05, 0.1) is 6.10 Å². The van der Waals surface area contributed by atoms with Crippen molar-refractivity contribution in [1.29, 1.82) is 0 Å². The third-order valence-corrected chi connectivity index (χ3v) is 2.66. The smallest absolute Gasteiger partial charge is 0.0540 e. The Morgan fingerprint density at radius 3 is 2.67 bits per heavy atom. The Bertz CT molecular complexity index is 225. The number of hydrogen-bond acceptors (Lipinski definition) is 2. The third kappa shape index (κ3) is 1.50. The minimum absolute atomic E-state index is 0.0656. The molecule has 1 aromatic heterocycles. The van der Waals surface area contributed by atoms with Crippen LogP contribution in [0.15, 0.2) is 12.3 Å². The van der Waals surface area contributed by atoms with Crippen LogP contribution in [0.1, 0.15) is 37.3 Å². The van der Waals surface area contributed by atoms with E-state index >= 15 is 0 Å². The summed E-state index contributed by atoms with van der Waals surface area (Å²) >= 11 is 0. The van der Waals surface area contributed by atoms with Crippen LogP contribution in [0.25, 0.3) is 0 Å². The maximum atomic E-state index is 9.30. The number of aliphatic hydroxyl groups excluding tert-OH is 1. The fourth-order valence-electron chi connectivity index (χ4n) is 1.88. The highest BCUT2D eigenvalue weighted by Crippen LogP contribution is 2.31. The average molecular weight is 166 g/mol. The lowest BCUT2D eigenvalue weighted by molar-refractivity contribution is 0.122. The number of nitrogens with zero attached hydrogens (tertiary/aromatic N) is 1. The van der Waals surface area contributed by atoms with Crippen molar-refractivity contribution in [3.63, 3.8) is 0 Å². The fourth-order valence-corrected chi connectivity index (χ4v) is 1.88. The summed E-state index contributed by atoms with van der Waals surface area (Å²) in [5.41, 5.74) is 1.22. The van der Waals surface area contributed by atoms with Crippen molar-refractivity contribution in [2.45, 2.75) is 37.7 Å². The molecule has 66 valence electrons. The van der Waals surface area contributed by atoms with Gasteiger partial charge in [0.1, 0.15) is 0 Å². The molecular weight excluding hydrogens is 152 g/mol. The van der Waals surface area contributed by atoms with Crippen molar-refractivity contribution < 1.29 is 5.11 Å². The molecule has 0 aliphatic heterocycles. The first-order valence-corrected chi connectivity index (χ1v) is 4.53. The van der Waals surface area contributed by atoms with Crippen LogP contribution < -0.4 is 0 Å². The van der Waals surface area contributed by atoms with Crippen LogP contribution in [-0.2, 0) is 0 Å². The van der Waals surface area contributed by atoms with Crippen molar-refractivity contribution in [2.75, 3.05) is 0 Å². The molecular formula is C9H14N2O. The van der Waals surface area contributed by atoms with Gasteiger partial charge in [-0.05, 0) is 31.7 Å². The van der Waals surface area contributed by atoms with Gasteiger partial charge in [0, 0.05) is 17.8 Å². The van der Waals surface area contributed by atoms with Crippen LogP contribution in [0.2, 0.25) is 0 Å². The molecule has 0 saturated heterocycles. The zero-order valence-corrected chi connectivity index (χ0v) is 7.03. The summed E-state index contributed by atoms with van der Waals surface area (Å²) in [5, 5.41) is 16.2. The second kappa shape index (κ2) is 3.27. The Morgan fingerprint density at radius 1 is 1.33 bits per heavy atom. The van der Waals surface area contributed by atoms with Crippen molar-refractivity contribution in [3.05, 3.63) is 18.0 Å². The van der Waals surface area contributed by atoms with Crippen LogP contribution in [0.3, 0.4) is 0 Å². The Morgan fingerprint density at radius 2 is 2.08 bits per heavy atom. The molecule has 0 radical (unpaired) electrons. The number of aliphatic hydroxyl groups is 1. The maximum absolute atomic E-state index is 9.30. The molecule has 1 saturated carbocycles. The van der Waals surface area contributed by atoms with Crippen molar-refractivity contribution >= 4 is 0 Å². The first kappa shape index (κ1) is 7.80. The van der Waals surface area contributed by atoms with Crippen LogP contribution in [0, 0.1) is 0 Å². The second-order valence-corrected chi connectivity index (χ2v) is 3.52. The first-order valence-electron chi connectivity index (χ1n) is 4.53. The van der Waals surface area contributed by atoms with Gasteiger partial charge in [-0.25, -0.2) is 0 Å². The van der Waals surface area contributed by atoms with E-state index in [1.54, 1.807) is 6.20 Å². The van der Waals surface area contributed by atoms with Gasteiger partial charge in [0.15, 0.2) is 0 Å². The molecule has 2 N–H and O–H groups in total. The van der Waals surface area contributed by atoms with E-state index in [2.05, 4.69) is 10.2 Å². The Hall–Kier alpha value is -0.830. The molecule has 1 heterocycles. The van der Waals surface area contributed by atoms with Gasteiger partial charge in [0.2, 0.25) is 0 Å². The van der Waals surface area contributed by atoms with Gasteiger partial charge in [-0.3, -0.25) is 5.10 Å². The topological polar surface area (TPSA) is 48.9 Å². The first-order chi connectivity index (χ1) is 5.86. The predicted octanol–water partition coefficient (Wildman–Crippen LogP) is 1.43. The number of nitrogens with one attached hydrogen (secondary N) is 1. The number of H-pyrrole nitrogens is 1. The van der Waals surface area contributed by atoms with E-state index in [1.807, 2.05) is 6.07 Å². The predicted molar refractivity (Wildman–Crippen MR) is 45.8 cm³/mol. The van der Waals surface area contributed by atoms with E-state index in [4.69, 9.17) is 0 Å². The van der Waals surface area contributed by atoms with Crippen molar-refractivity contribution in [2.24, 2.45) is 0 Å². The van der Waals surface area contributed by atoms with E-state index in [1.165, 1.54) is 5.69 Å². The average Bonchev–Trinajstić information content (AvgIpc) is 2.58. The molecule has 1 aliphatic carbocycles. The molecule has 3 nitrogen and oxygen atoms in total. The lowest BCUT2D eigenvalue weighted by atomic mass is 9.85. The third-order valence-electron chi connectivity index (χ3n) is 2.66. The summed E-state index contributed by atoms with van der Waals surface area (Å²) in [6.07, 6.45) is 5.77. The number of aromatic amines is 1. The quantitative estimate of drug-likeness (QED) is 0.663.